The highest BCUT2D eigenvalue weighted by molar-refractivity contribution is 5.77. The van der Waals surface area contributed by atoms with Gasteiger partial charge in [-0.05, 0) is 19.9 Å². The number of carbonyl (C=O) groups excluding carboxylic acids is 2. The standard InChI is InChI=1S/C12H23N3O3/c1-4-13-9(2)7-11(16)15-6-5-10(8-15)14-12(17)18-3/h9-10,13H,4-8H2,1-3H3,(H,14,17). The number of rotatable bonds is 5. The number of methoxy groups -OCH3 is 1. The number of nitrogens with zero attached hydrogens (tertiary/aromatic N) is 1. The molecule has 1 saturated heterocycles. The number of amides is 2. The van der Waals surface area contributed by atoms with Crippen LogP contribution in [0.3, 0.4) is 0 Å². The van der Waals surface area contributed by atoms with Crippen LogP contribution in [0.4, 0.5) is 4.79 Å². The van der Waals surface area contributed by atoms with Gasteiger partial charge in [0.1, 0.15) is 0 Å². The molecule has 1 aliphatic rings. The molecular weight excluding hydrogens is 234 g/mol. The summed E-state index contributed by atoms with van der Waals surface area (Å²) in [5.41, 5.74) is 0. The number of hydrogen-bond donors (Lipinski definition) is 2. The minimum atomic E-state index is -0.435. The molecule has 2 unspecified atom stereocenters. The number of ether oxygens (including phenoxy) is 1. The van der Waals surface area contributed by atoms with E-state index in [1.54, 1.807) is 4.90 Å². The molecule has 0 bridgehead atoms. The first-order chi connectivity index (χ1) is 8.56. The molecule has 0 aliphatic carbocycles. The van der Waals surface area contributed by atoms with Gasteiger partial charge in [0.05, 0.1) is 13.2 Å². The first kappa shape index (κ1) is 14.8. The molecule has 0 spiro atoms. The van der Waals surface area contributed by atoms with Crippen LogP contribution in [0.1, 0.15) is 26.7 Å². The van der Waals surface area contributed by atoms with Crippen molar-refractivity contribution in [3.05, 3.63) is 0 Å². The van der Waals surface area contributed by atoms with E-state index in [-0.39, 0.29) is 18.0 Å². The van der Waals surface area contributed by atoms with Crippen LogP contribution in [0.2, 0.25) is 0 Å². The summed E-state index contributed by atoms with van der Waals surface area (Å²) in [4.78, 5) is 24.8. The average Bonchev–Trinajstić information content (AvgIpc) is 2.77. The fraction of sp³-hybridized carbons (Fsp3) is 0.833. The Balaban J connectivity index is 2.32. The van der Waals surface area contributed by atoms with Gasteiger partial charge >= 0.3 is 6.09 Å². The van der Waals surface area contributed by atoms with E-state index in [9.17, 15) is 9.59 Å². The van der Waals surface area contributed by atoms with Crippen LogP contribution in [-0.4, -0.2) is 55.7 Å². The molecule has 0 radical (unpaired) electrons. The molecular formula is C12H23N3O3. The highest BCUT2D eigenvalue weighted by atomic mass is 16.5. The van der Waals surface area contributed by atoms with Crippen molar-refractivity contribution in [2.45, 2.75) is 38.8 Å². The Labute approximate surface area is 108 Å². The summed E-state index contributed by atoms with van der Waals surface area (Å²) >= 11 is 0. The fourth-order valence-electron chi connectivity index (χ4n) is 2.14. The molecule has 2 N–H and O–H groups in total. The van der Waals surface area contributed by atoms with Crippen molar-refractivity contribution < 1.29 is 14.3 Å². The zero-order valence-corrected chi connectivity index (χ0v) is 11.4. The van der Waals surface area contributed by atoms with E-state index in [1.807, 2.05) is 13.8 Å². The number of alkyl carbamates (subject to hydrolysis) is 1. The van der Waals surface area contributed by atoms with Gasteiger partial charge in [-0.3, -0.25) is 4.79 Å². The van der Waals surface area contributed by atoms with Crippen molar-refractivity contribution in [3.8, 4) is 0 Å². The van der Waals surface area contributed by atoms with Gasteiger partial charge in [0.2, 0.25) is 5.91 Å². The minimum absolute atomic E-state index is 0.0100. The molecule has 2 atom stereocenters. The second-order valence-corrected chi connectivity index (χ2v) is 4.62. The Kier molecular flexibility index (Phi) is 5.91. The molecule has 104 valence electrons. The minimum Gasteiger partial charge on any atom is -0.453 e. The molecule has 1 fully saturated rings. The van der Waals surface area contributed by atoms with Gasteiger partial charge in [0.25, 0.3) is 0 Å². The Morgan fingerprint density at radius 3 is 2.83 bits per heavy atom. The Bertz CT molecular complexity index is 296. The van der Waals surface area contributed by atoms with Crippen molar-refractivity contribution in [1.29, 1.82) is 0 Å². The Morgan fingerprint density at radius 2 is 2.22 bits per heavy atom. The maximum Gasteiger partial charge on any atom is 0.407 e. The average molecular weight is 257 g/mol. The zero-order chi connectivity index (χ0) is 13.5. The van der Waals surface area contributed by atoms with E-state index in [1.165, 1.54) is 7.11 Å². The summed E-state index contributed by atoms with van der Waals surface area (Å²) in [6, 6.07) is 0.200. The number of nitrogens with one attached hydrogen (secondary N) is 2. The van der Waals surface area contributed by atoms with E-state index < -0.39 is 6.09 Å². The van der Waals surface area contributed by atoms with Crippen LogP contribution in [0.25, 0.3) is 0 Å². The quantitative estimate of drug-likeness (QED) is 0.744. The van der Waals surface area contributed by atoms with Crippen molar-refractivity contribution >= 4 is 12.0 Å². The zero-order valence-electron chi connectivity index (χ0n) is 11.4. The first-order valence-electron chi connectivity index (χ1n) is 6.42. The van der Waals surface area contributed by atoms with Gasteiger partial charge in [-0.15, -0.1) is 0 Å². The topological polar surface area (TPSA) is 70.7 Å². The van der Waals surface area contributed by atoms with Crippen molar-refractivity contribution in [1.82, 2.24) is 15.5 Å². The highest BCUT2D eigenvalue weighted by Crippen LogP contribution is 2.11. The lowest BCUT2D eigenvalue weighted by Gasteiger charge is -2.19. The monoisotopic (exact) mass is 257 g/mol. The molecule has 0 aromatic heterocycles. The van der Waals surface area contributed by atoms with E-state index in [4.69, 9.17) is 0 Å². The smallest absolute Gasteiger partial charge is 0.407 e. The van der Waals surface area contributed by atoms with Crippen LogP contribution in [-0.2, 0) is 9.53 Å². The van der Waals surface area contributed by atoms with Crippen LogP contribution >= 0.6 is 0 Å². The number of likely N-dealkylation sites (tertiary alicyclic amines) is 1. The largest absolute Gasteiger partial charge is 0.453 e. The molecule has 18 heavy (non-hydrogen) atoms. The lowest BCUT2D eigenvalue weighted by molar-refractivity contribution is -0.130. The summed E-state index contributed by atoms with van der Waals surface area (Å²) < 4.78 is 4.54. The van der Waals surface area contributed by atoms with E-state index >= 15 is 0 Å². The highest BCUT2D eigenvalue weighted by Gasteiger charge is 2.27. The van der Waals surface area contributed by atoms with Gasteiger partial charge < -0.3 is 20.3 Å². The van der Waals surface area contributed by atoms with E-state index in [0.717, 1.165) is 13.0 Å². The van der Waals surface area contributed by atoms with Crippen molar-refractivity contribution in [2.24, 2.45) is 0 Å². The summed E-state index contributed by atoms with van der Waals surface area (Å²) in [5, 5.41) is 5.94. The lowest BCUT2D eigenvalue weighted by atomic mass is 10.2. The van der Waals surface area contributed by atoms with Crippen molar-refractivity contribution in [2.75, 3.05) is 26.7 Å². The molecule has 1 aliphatic heterocycles. The Hall–Kier alpha value is -1.30. The predicted octanol–water partition coefficient (Wildman–Crippen LogP) is 0.331. The van der Waals surface area contributed by atoms with Crippen molar-refractivity contribution in [3.63, 3.8) is 0 Å². The lowest BCUT2D eigenvalue weighted by Crippen LogP contribution is -2.40. The molecule has 2 amide bonds. The van der Waals surface area contributed by atoms with Gasteiger partial charge in [-0.1, -0.05) is 6.92 Å². The van der Waals surface area contributed by atoms with E-state index in [0.29, 0.717) is 19.5 Å². The summed E-state index contributed by atoms with van der Waals surface area (Å²) in [6.45, 7) is 6.16. The molecule has 0 aromatic carbocycles. The second-order valence-electron chi connectivity index (χ2n) is 4.62. The molecule has 0 aromatic rings. The predicted molar refractivity (Wildman–Crippen MR) is 68.3 cm³/mol. The molecule has 1 heterocycles. The van der Waals surface area contributed by atoms with E-state index in [2.05, 4.69) is 15.4 Å². The maximum atomic E-state index is 12.0. The third-order valence-corrected chi connectivity index (χ3v) is 3.08. The van der Waals surface area contributed by atoms with Gasteiger partial charge in [-0.2, -0.15) is 0 Å². The number of carbonyl (C=O) groups is 2. The SMILES string of the molecule is CCNC(C)CC(=O)N1CCC(NC(=O)OC)C1. The first-order valence-corrected chi connectivity index (χ1v) is 6.42. The Morgan fingerprint density at radius 1 is 1.50 bits per heavy atom. The summed E-state index contributed by atoms with van der Waals surface area (Å²) in [5.74, 6) is 0.137. The van der Waals surface area contributed by atoms with Crippen LogP contribution in [0, 0.1) is 0 Å². The van der Waals surface area contributed by atoms with Gasteiger partial charge in [0, 0.05) is 25.6 Å². The summed E-state index contributed by atoms with van der Waals surface area (Å²) in [7, 11) is 1.34. The van der Waals surface area contributed by atoms with Crippen LogP contribution in [0.5, 0.6) is 0 Å². The van der Waals surface area contributed by atoms with Gasteiger partial charge in [0.15, 0.2) is 0 Å². The summed E-state index contributed by atoms with van der Waals surface area (Å²) in [6.07, 6.45) is 0.852. The normalized spacial score (nSPS) is 20.6. The molecule has 1 rings (SSSR count). The molecule has 0 saturated carbocycles. The molecule has 6 heteroatoms. The van der Waals surface area contributed by atoms with Crippen LogP contribution in [0.15, 0.2) is 0 Å². The van der Waals surface area contributed by atoms with Crippen LogP contribution < -0.4 is 10.6 Å². The third kappa shape index (κ3) is 4.52. The second kappa shape index (κ2) is 7.20. The maximum absolute atomic E-state index is 12.0. The fourth-order valence-corrected chi connectivity index (χ4v) is 2.14. The van der Waals surface area contributed by atoms with Gasteiger partial charge in [-0.25, -0.2) is 4.79 Å². The third-order valence-electron chi connectivity index (χ3n) is 3.08. The number of hydrogen-bond acceptors (Lipinski definition) is 4. The molecule has 6 nitrogen and oxygen atoms in total.